The van der Waals surface area contributed by atoms with Crippen LogP contribution in [0.5, 0.6) is 0 Å². The van der Waals surface area contributed by atoms with Crippen molar-refractivity contribution < 1.29 is 14.1 Å². The summed E-state index contributed by atoms with van der Waals surface area (Å²) in [6.07, 6.45) is 4.71. The van der Waals surface area contributed by atoms with Crippen LogP contribution < -0.4 is 0 Å². The first kappa shape index (κ1) is 7.40. The van der Waals surface area contributed by atoms with Crippen LogP contribution in [0.25, 0.3) is 0 Å². The molecule has 0 atom stereocenters. The monoisotopic (exact) mass is 188 g/mol. The van der Waals surface area contributed by atoms with Crippen LogP contribution in [0.15, 0.2) is 0 Å². The molecule has 2 heteroatoms. The summed E-state index contributed by atoms with van der Waals surface area (Å²) in [6, 6.07) is 2.36. The van der Waals surface area contributed by atoms with E-state index >= 15 is 0 Å². The normalized spacial score (nSPS) is 27.2. The van der Waals surface area contributed by atoms with Crippen molar-refractivity contribution in [1.29, 1.82) is 5.26 Å². The van der Waals surface area contributed by atoms with Gasteiger partial charge in [0, 0.05) is 0 Å². The standard InChI is InChI=1S/C9H11N.Mn/c1-9(2)5-3-8(7-10)4-6-9;/h1-2,8H,3-6H2;. The van der Waals surface area contributed by atoms with Crippen molar-refractivity contribution in [3.05, 3.63) is 0 Å². The molecule has 0 aromatic carbocycles. The zero-order valence-corrected chi connectivity index (χ0v) is 7.57. The average Bonchev–Trinajstić information content (AvgIpc) is 2.02. The van der Waals surface area contributed by atoms with Gasteiger partial charge in [-0.1, -0.05) is 0 Å². The minimum atomic E-state index is 0.353. The summed E-state index contributed by atoms with van der Waals surface area (Å²) in [7, 11) is 0. The third-order valence-corrected chi connectivity index (χ3v) is 4.41. The summed E-state index contributed by atoms with van der Waals surface area (Å²) in [5.41, 5.74) is 0.493. The van der Waals surface area contributed by atoms with Gasteiger partial charge in [-0.15, -0.1) is 0 Å². The molecule has 0 aromatic heterocycles. The van der Waals surface area contributed by atoms with Gasteiger partial charge < -0.3 is 0 Å². The van der Waals surface area contributed by atoms with Crippen LogP contribution >= 0.6 is 0 Å². The first-order valence-corrected chi connectivity index (χ1v) is 5.41. The molecule has 2 aliphatic rings. The second-order valence-electron chi connectivity index (χ2n) is 3.48. The fraction of sp³-hybridized carbons (Fsp3) is 0.667. The molecule has 0 unspecified atom stereocenters. The Hall–Kier alpha value is -0.251. The van der Waals surface area contributed by atoms with Gasteiger partial charge in [-0.25, -0.2) is 0 Å². The number of hydrogen-bond donors (Lipinski definition) is 0. The fourth-order valence-corrected chi connectivity index (χ4v) is 3.18. The molecule has 0 N–H and O–H groups in total. The van der Waals surface area contributed by atoms with E-state index in [0.29, 0.717) is 11.3 Å². The summed E-state index contributed by atoms with van der Waals surface area (Å²) < 4.78 is 0. The van der Waals surface area contributed by atoms with E-state index in [0.717, 1.165) is 26.9 Å². The number of nitriles is 1. The Bertz CT molecular complexity index is 250. The van der Waals surface area contributed by atoms with Crippen LogP contribution in [0, 0.1) is 22.7 Å². The predicted octanol–water partition coefficient (Wildman–Crippen LogP) is 1.39. The van der Waals surface area contributed by atoms with Gasteiger partial charge in [0.25, 0.3) is 0 Å². The predicted molar refractivity (Wildman–Crippen MR) is 42.1 cm³/mol. The summed E-state index contributed by atoms with van der Waals surface area (Å²) in [5, 5.41) is 8.68. The van der Waals surface area contributed by atoms with E-state index < -0.39 is 0 Å². The van der Waals surface area contributed by atoms with Crippen LogP contribution in [-0.4, -0.2) is 9.84 Å². The molecule has 0 saturated heterocycles. The first-order chi connectivity index (χ1) is 5.35. The molecule has 1 aliphatic heterocycles. The zero-order valence-electron chi connectivity index (χ0n) is 6.39. The quantitative estimate of drug-likeness (QED) is 0.527. The van der Waals surface area contributed by atoms with Gasteiger partial charge in [0.1, 0.15) is 0 Å². The van der Waals surface area contributed by atoms with Gasteiger partial charge in [-0.05, 0) is 0 Å². The molecule has 1 heterocycles. The van der Waals surface area contributed by atoms with Crippen LogP contribution in [0.2, 0.25) is 0 Å². The summed E-state index contributed by atoms with van der Waals surface area (Å²) in [5.74, 6) is 0.353. The van der Waals surface area contributed by atoms with Gasteiger partial charge in [0.15, 0.2) is 0 Å². The Morgan fingerprint density at radius 3 is 2.36 bits per heavy atom. The Morgan fingerprint density at radius 1 is 1.36 bits per heavy atom. The second kappa shape index (κ2) is 2.66. The van der Waals surface area contributed by atoms with E-state index in [2.05, 4.69) is 15.9 Å². The molecule has 11 heavy (non-hydrogen) atoms. The third-order valence-electron chi connectivity index (χ3n) is 2.66. The van der Waals surface area contributed by atoms with Crippen LogP contribution in [-0.2, 0) is 14.1 Å². The molecule has 0 amide bonds. The van der Waals surface area contributed by atoms with Crippen molar-refractivity contribution in [3.63, 3.8) is 0 Å². The number of rotatable bonds is 0. The number of nitrogens with zero attached hydrogens (tertiary/aromatic N) is 1. The van der Waals surface area contributed by atoms with E-state index in [-0.39, 0.29) is 0 Å². The van der Waals surface area contributed by atoms with E-state index in [9.17, 15) is 0 Å². The van der Waals surface area contributed by atoms with E-state index in [1.54, 1.807) is 0 Å². The molecule has 0 bridgehead atoms. The van der Waals surface area contributed by atoms with Crippen molar-refractivity contribution >= 4 is 9.84 Å². The van der Waals surface area contributed by atoms with Crippen molar-refractivity contribution in [3.8, 4) is 6.07 Å². The molecule has 1 spiro atoms. The van der Waals surface area contributed by atoms with E-state index in [1.165, 1.54) is 12.8 Å². The van der Waals surface area contributed by atoms with E-state index in [1.807, 2.05) is 0 Å². The molecule has 1 aliphatic carbocycles. The zero-order chi connectivity index (χ0) is 7.73. The van der Waals surface area contributed by atoms with Gasteiger partial charge in [-0.3, -0.25) is 0 Å². The Labute approximate surface area is 72.6 Å². The topological polar surface area (TPSA) is 23.8 Å². The SMILES string of the molecule is N#CC1CCC2([CH]=[Mn]=[CH]2)CC1. The third kappa shape index (κ3) is 1.24. The molecular weight excluding hydrogens is 177 g/mol. The maximum absolute atomic E-state index is 8.68. The molecule has 0 aromatic rings. The molecule has 1 saturated carbocycles. The molecular formula is C9H11MnN. The number of hydrogen-bond acceptors (Lipinski definition) is 1. The average molecular weight is 188 g/mol. The van der Waals surface area contributed by atoms with Gasteiger partial charge in [-0.2, -0.15) is 0 Å². The minimum absolute atomic E-state index is 0.353. The van der Waals surface area contributed by atoms with Crippen molar-refractivity contribution in [2.75, 3.05) is 0 Å². The Balaban J connectivity index is 1.97. The maximum atomic E-state index is 8.68. The van der Waals surface area contributed by atoms with Crippen LogP contribution in [0.1, 0.15) is 25.7 Å². The van der Waals surface area contributed by atoms with Crippen molar-refractivity contribution in [2.24, 2.45) is 11.3 Å². The van der Waals surface area contributed by atoms with Gasteiger partial charge in [0.2, 0.25) is 0 Å². The van der Waals surface area contributed by atoms with Crippen molar-refractivity contribution in [2.45, 2.75) is 25.7 Å². The van der Waals surface area contributed by atoms with Crippen LogP contribution in [0.4, 0.5) is 0 Å². The van der Waals surface area contributed by atoms with Crippen molar-refractivity contribution in [1.82, 2.24) is 0 Å². The first-order valence-electron chi connectivity index (χ1n) is 4.05. The molecule has 1 nitrogen and oxygen atoms in total. The molecule has 0 radical (unpaired) electrons. The fourth-order valence-electron chi connectivity index (χ4n) is 1.74. The Kier molecular flexibility index (Phi) is 1.79. The molecule has 1 fully saturated rings. The summed E-state index contributed by atoms with van der Waals surface area (Å²) in [6.45, 7) is 0. The second-order valence-corrected chi connectivity index (χ2v) is 4.56. The Morgan fingerprint density at radius 2 is 2.00 bits per heavy atom. The summed E-state index contributed by atoms with van der Waals surface area (Å²) >= 11 is 0.957. The summed E-state index contributed by atoms with van der Waals surface area (Å²) in [4.78, 5) is 4.90. The van der Waals surface area contributed by atoms with Gasteiger partial charge >= 0.3 is 72.3 Å². The van der Waals surface area contributed by atoms with Crippen LogP contribution in [0.3, 0.4) is 0 Å². The molecule has 59 valence electrons. The van der Waals surface area contributed by atoms with Gasteiger partial charge in [0.05, 0.1) is 0 Å². The molecule has 2 rings (SSSR count). The van der Waals surface area contributed by atoms with E-state index in [4.69, 9.17) is 5.26 Å².